The predicted octanol–water partition coefficient (Wildman–Crippen LogP) is 1.44. The van der Waals surface area contributed by atoms with Crippen molar-refractivity contribution < 1.29 is 4.74 Å². The second-order valence-corrected chi connectivity index (χ2v) is 3.29. The number of aromatic nitrogens is 3. The van der Waals surface area contributed by atoms with Gasteiger partial charge in [0.15, 0.2) is 0 Å². The number of halogens is 1. The molecule has 0 fully saturated rings. The quantitative estimate of drug-likeness (QED) is 0.680. The number of nitrogens with zero attached hydrogens (tertiary/aromatic N) is 3. The molecule has 0 saturated carbocycles. The monoisotopic (exact) mass is 203 g/mol. The minimum atomic E-state index is 0.260. The molecule has 0 radical (unpaired) electrons. The van der Waals surface area contributed by atoms with Gasteiger partial charge in [-0.3, -0.25) is 0 Å². The highest BCUT2D eigenvalue weighted by Gasteiger charge is 1.99. The molecular weight excluding hydrogens is 190 g/mol. The number of hydrogen-bond donors (Lipinski definition) is 0. The van der Waals surface area contributed by atoms with E-state index in [0.29, 0.717) is 12.5 Å². The van der Waals surface area contributed by atoms with E-state index in [1.54, 1.807) is 4.68 Å². The summed E-state index contributed by atoms with van der Waals surface area (Å²) < 4.78 is 7.10. The van der Waals surface area contributed by atoms with Gasteiger partial charge in [0, 0.05) is 6.20 Å². The maximum atomic E-state index is 5.58. The van der Waals surface area contributed by atoms with Crippen molar-refractivity contribution in [3.63, 3.8) is 0 Å². The zero-order valence-corrected chi connectivity index (χ0v) is 8.66. The van der Waals surface area contributed by atoms with Gasteiger partial charge in [-0.15, -0.1) is 16.7 Å². The molecule has 1 rings (SSSR count). The van der Waals surface area contributed by atoms with Crippen LogP contribution >= 0.6 is 11.6 Å². The van der Waals surface area contributed by atoms with E-state index in [9.17, 15) is 0 Å². The van der Waals surface area contributed by atoms with Crippen molar-refractivity contribution in [1.29, 1.82) is 0 Å². The van der Waals surface area contributed by atoms with Crippen LogP contribution in [0.25, 0.3) is 0 Å². The zero-order chi connectivity index (χ0) is 9.68. The summed E-state index contributed by atoms with van der Waals surface area (Å²) in [6, 6.07) is 0. The van der Waals surface area contributed by atoms with Crippen LogP contribution in [0.15, 0.2) is 6.20 Å². The maximum absolute atomic E-state index is 5.58. The lowest BCUT2D eigenvalue weighted by Crippen LogP contribution is -2.10. The molecule has 0 aliphatic carbocycles. The van der Waals surface area contributed by atoms with Crippen LogP contribution in [0.1, 0.15) is 19.5 Å². The van der Waals surface area contributed by atoms with Gasteiger partial charge in [0.1, 0.15) is 0 Å². The highest BCUT2D eigenvalue weighted by Crippen LogP contribution is 1.97. The van der Waals surface area contributed by atoms with Gasteiger partial charge >= 0.3 is 0 Å². The Labute approximate surface area is 82.8 Å². The minimum Gasteiger partial charge on any atom is -0.377 e. The van der Waals surface area contributed by atoms with Crippen LogP contribution in [0.5, 0.6) is 0 Å². The van der Waals surface area contributed by atoms with Crippen LogP contribution in [-0.4, -0.2) is 27.7 Å². The molecule has 0 saturated heterocycles. The summed E-state index contributed by atoms with van der Waals surface area (Å²) in [7, 11) is 0. The van der Waals surface area contributed by atoms with Crippen molar-refractivity contribution in [3.05, 3.63) is 11.9 Å². The summed E-state index contributed by atoms with van der Waals surface area (Å²) in [5.41, 5.74) is 0.797. The lowest BCUT2D eigenvalue weighted by molar-refractivity contribution is 0.0707. The second kappa shape index (κ2) is 5.19. The molecule has 1 aromatic heterocycles. The highest BCUT2D eigenvalue weighted by atomic mass is 35.5. The van der Waals surface area contributed by atoms with Crippen molar-refractivity contribution in [2.24, 2.45) is 0 Å². The molecule has 0 bridgehead atoms. The Balaban J connectivity index is 2.28. The normalized spacial score (nSPS) is 11.1. The first-order valence-corrected chi connectivity index (χ1v) is 4.82. The zero-order valence-electron chi connectivity index (χ0n) is 7.90. The van der Waals surface area contributed by atoms with Crippen LogP contribution in [0.2, 0.25) is 0 Å². The van der Waals surface area contributed by atoms with Gasteiger partial charge < -0.3 is 4.74 Å². The number of alkyl halides is 1. The van der Waals surface area contributed by atoms with Crippen LogP contribution in [0.4, 0.5) is 0 Å². The standard InChI is InChI=1S/C8H14ClN3O/c1-7(2)13-4-3-12-6-8(5-9)10-11-12/h6-7H,3-5H2,1-2H3. The Morgan fingerprint density at radius 2 is 2.38 bits per heavy atom. The third kappa shape index (κ3) is 3.74. The maximum Gasteiger partial charge on any atom is 0.0974 e. The summed E-state index contributed by atoms with van der Waals surface area (Å²) in [6.07, 6.45) is 2.09. The van der Waals surface area contributed by atoms with Crippen LogP contribution < -0.4 is 0 Å². The Morgan fingerprint density at radius 3 is 2.92 bits per heavy atom. The fourth-order valence-corrected chi connectivity index (χ4v) is 1.01. The number of ether oxygens (including phenoxy) is 1. The Morgan fingerprint density at radius 1 is 1.62 bits per heavy atom. The first-order valence-electron chi connectivity index (χ1n) is 4.29. The Hall–Kier alpha value is -0.610. The molecule has 0 unspecified atom stereocenters. The molecule has 0 N–H and O–H groups in total. The van der Waals surface area contributed by atoms with E-state index < -0.39 is 0 Å². The van der Waals surface area contributed by atoms with E-state index in [2.05, 4.69) is 10.3 Å². The lowest BCUT2D eigenvalue weighted by atomic mass is 10.5. The number of rotatable bonds is 5. The average Bonchev–Trinajstić information content (AvgIpc) is 2.52. The van der Waals surface area contributed by atoms with Gasteiger partial charge in [-0.2, -0.15) is 0 Å². The molecule has 13 heavy (non-hydrogen) atoms. The average molecular weight is 204 g/mol. The van der Waals surface area contributed by atoms with Gasteiger partial charge in [-0.25, -0.2) is 4.68 Å². The van der Waals surface area contributed by atoms with Crippen LogP contribution in [-0.2, 0) is 17.2 Å². The fraction of sp³-hybridized carbons (Fsp3) is 0.750. The smallest absolute Gasteiger partial charge is 0.0974 e. The van der Waals surface area contributed by atoms with E-state index in [4.69, 9.17) is 16.3 Å². The minimum absolute atomic E-state index is 0.260. The van der Waals surface area contributed by atoms with Crippen molar-refractivity contribution in [3.8, 4) is 0 Å². The second-order valence-electron chi connectivity index (χ2n) is 3.03. The lowest BCUT2D eigenvalue weighted by Gasteiger charge is -2.06. The van der Waals surface area contributed by atoms with E-state index in [0.717, 1.165) is 12.2 Å². The fourth-order valence-electron chi connectivity index (χ4n) is 0.891. The molecule has 0 spiro atoms. The van der Waals surface area contributed by atoms with Crippen LogP contribution in [0, 0.1) is 0 Å². The highest BCUT2D eigenvalue weighted by molar-refractivity contribution is 6.16. The van der Waals surface area contributed by atoms with Crippen molar-refractivity contribution in [2.45, 2.75) is 32.4 Å². The SMILES string of the molecule is CC(C)OCCn1cc(CCl)nn1. The molecule has 0 amide bonds. The topological polar surface area (TPSA) is 39.9 Å². The third-order valence-electron chi connectivity index (χ3n) is 1.49. The summed E-state index contributed by atoms with van der Waals surface area (Å²) >= 11 is 5.58. The largest absolute Gasteiger partial charge is 0.377 e. The van der Waals surface area contributed by atoms with Crippen molar-refractivity contribution >= 4 is 11.6 Å². The van der Waals surface area contributed by atoms with Gasteiger partial charge in [0.05, 0.1) is 30.8 Å². The van der Waals surface area contributed by atoms with E-state index in [1.165, 1.54) is 0 Å². The van der Waals surface area contributed by atoms with Gasteiger partial charge in [0.2, 0.25) is 0 Å². The molecule has 0 aromatic carbocycles. The van der Waals surface area contributed by atoms with Crippen molar-refractivity contribution in [2.75, 3.05) is 6.61 Å². The Kier molecular flexibility index (Phi) is 4.18. The first kappa shape index (κ1) is 10.5. The van der Waals surface area contributed by atoms with Crippen molar-refractivity contribution in [1.82, 2.24) is 15.0 Å². The van der Waals surface area contributed by atoms with E-state index in [1.807, 2.05) is 20.0 Å². The molecule has 0 atom stereocenters. The van der Waals surface area contributed by atoms with E-state index >= 15 is 0 Å². The summed E-state index contributed by atoms with van der Waals surface area (Å²) in [6.45, 7) is 5.39. The third-order valence-corrected chi connectivity index (χ3v) is 1.77. The van der Waals surface area contributed by atoms with Gasteiger partial charge in [-0.05, 0) is 13.8 Å². The molecule has 0 aliphatic heterocycles. The summed E-state index contributed by atoms with van der Waals surface area (Å²) in [4.78, 5) is 0. The van der Waals surface area contributed by atoms with Gasteiger partial charge in [-0.1, -0.05) is 5.21 Å². The summed E-state index contributed by atoms with van der Waals surface area (Å²) in [5, 5.41) is 7.74. The summed E-state index contributed by atoms with van der Waals surface area (Å²) in [5.74, 6) is 0.408. The van der Waals surface area contributed by atoms with Crippen LogP contribution in [0.3, 0.4) is 0 Å². The van der Waals surface area contributed by atoms with E-state index in [-0.39, 0.29) is 6.10 Å². The molecular formula is C8H14ClN3O. The molecule has 0 aliphatic rings. The molecule has 4 nitrogen and oxygen atoms in total. The predicted molar refractivity (Wildman–Crippen MR) is 50.7 cm³/mol. The molecule has 1 aromatic rings. The Bertz CT molecular complexity index is 249. The van der Waals surface area contributed by atoms with Gasteiger partial charge in [0.25, 0.3) is 0 Å². The number of hydrogen-bond acceptors (Lipinski definition) is 3. The molecule has 74 valence electrons. The first-order chi connectivity index (χ1) is 6.22. The molecule has 1 heterocycles. The molecule has 5 heteroatoms.